The van der Waals surface area contributed by atoms with Crippen LogP contribution in [0.5, 0.6) is 0 Å². The SMILES string of the molecule is CSc1cccc(NC(=O)C(=O)NCC(O)C2CCCCC2)c1. The van der Waals surface area contributed by atoms with Gasteiger partial charge >= 0.3 is 11.8 Å². The Morgan fingerprint density at radius 2 is 2.00 bits per heavy atom. The van der Waals surface area contributed by atoms with Crippen molar-refractivity contribution in [2.24, 2.45) is 5.92 Å². The van der Waals surface area contributed by atoms with Crippen molar-refractivity contribution in [3.63, 3.8) is 0 Å². The van der Waals surface area contributed by atoms with Gasteiger partial charge in [0.2, 0.25) is 0 Å². The maximum atomic E-state index is 11.9. The van der Waals surface area contributed by atoms with E-state index in [0.29, 0.717) is 5.69 Å². The Hall–Kier alpha value is -1.53. The van der Waals surface area contributed by atoms with Gasteiger partial charge in [0.1, 0.15) is 0 Å². The molecule has 1 aromatic rings. The van der Waals surface area contributed by atoms with Crippen LogP contribution in [-0.2, 0) is 9.59 Å². The van der Waals surface area contributed by atoms with Gasteiger partial charge in [-0.05, 0) is 43.2 Å². The van der Waals surface area contributed by atoms with Crippen LogP contribution in [0, 0.1) is 5.92 Å². The average Bonchev–Trinajstić information content (AvgIpc) is 2.60. The van der Waals surface area contributed by atoms with E-state index in [1.54, 1.807) is 17.8 Å². The Kier molecular flexibility index (Phi) is 6.92. The number of anilines is 1. The number of thioether (sulfide) groups is 1. The molecule has 1 aliphatic rings. The molecule has 3 N–H and O–H groups in total. The first-order valence-corrected chi connectivity index (χ1v) is 9.24. The summed E-state index contributed by atoms with van der Waals surface area (Å²) in [6, 6.07) is 7.31. The minimum atomic E-state index is -0.714. The summed E-state index contributed by atoms with van der Waals surface area (Å²) in [7, 11) is 0. The van der Waals surface area contributed by atoms with Gasteiger partial charge in [-0.25, -0.2) is 0 Å². The van der Waals surface area contributed by atoms with E-state index in [0.717, 1.165) is 30.6 Å². The summed E-state index contributed by atoms with van der Waals surface area (Å²) in [5, 5.41) is 15.2. The highest BCUT2D eigenvalue weighted by Crippen LogP contribution is 2.26. The van der Waals surface area contributed by atoms with Gasteiger partial charge < -0.3 is 15.7 Å². The molecule has 5 nitrogen and oxygen atoms in total. The molecule has 1 unspecified atom stereocenters. The predicted octanol–water partition coefficient (Wildman–Crippen LogP) is 2.40. The standard InChI is InChI=1S/C17H24N2O3S/c1-23-14-9-5-8-13(10-14)19-17(22)16(21)18-11-15(20)12-6-3-2-4-7-12/h5,8-10,12,15,20H,2-4,6-7,11H2,1H3,(H,18,21)(H,19,22). The second-order valence-electron chi connectivity index (χ2n) is 5.86. The summed E-state index contributed by atoms with van der Waals surface area (Å²) in [5.41, 5.74) is 0.588. The Labute approximate surface area is 141 Å². The zero-order valence-electron chi connectivity index (χ0n) is 13.4. The molecule has 23 heavy (non-hydrogen) atoms. The lowest BCUT2D eigenvalue weighted by Crippen LogP contribution is -2.42. The average molecular weight is 336 g/mol. The lowest BCUT2D eigenvalue weighted by Gasteiger charge is -2.26. The monoisotopic (exact) mass is 336 g/mol. The van der Waals surface area contributed by atoms with Gasteiger partial charge in [0.15, 0.2) is 0 Å². The zero-order chi connectivity index (χ0) is 16.7. The number of aliphatic hydroxyl groups excluding tert-OH is 1. The number of carbonyl (C=O) groups excluding carboxylic acids is 2. The van der Waals surface area contributed by atoms with Gasteiger partial charge in [0.05, 0.1) is 6.10 Å². The van der Waals surface area contributed by atoms with Crippen LogP contribution < -0.4 is 10.6 Å². The summed E-state index contributed by atoms with van der Waals surface area (Å²) >= 11 is 1.56. The summed E-state index contributed by atoms with van der Waals surface area (Å²) < 4.78 is 0. The van der Waals surface area contributed by atoms with E-state index in [1.165, 1.54) is 6.42 Å². The van der Waals surface area contributed by atoms with E-state index in [4.69, 9.17) is 0 Å². The van der Waals surface area contributed by atoms with Crippen LogP contribution in [0.2, 0.25) is 0 Å². The Morgan fingerprint density at radius 1 is 1.26 bits per heavy atom. The number of benzene rings is 1. The van der Waals surface area contributed by atoms with Crippen LogP contribution in [0.4, 0.5) is 5.69 Å². The molecule has 1 aliphatic carbocycles. The molecule has 0 bridgehead atoms. The molecular formula is C17H24N2O3S. The Bertz CT molecular complexity index is 544. The molecule has 6 heteroatoms. The van der Waals surface area contributed by atoms with E-state index < -0.39 is 17.9 Å². The van der Waals surface area contributed by atoms with Crippen molar-refractivity contribution in [2.75, 3.05) is 18.1 Å². The summed E-state index contributed by atoms with van der Waals surface area (Å²) in [4.78, 5) is 24.7. The van der Waals surface area contributed by atoms with Crippen LogP contribution in [0.3, 0.4) is 0 Å². The first-order valence-electron chi connectivity index (χ1n) is 8.01. The van der Waals surface area contributed by atoms with E-state index in [9.17, 15) is 14.7 Å². The van der Waals surface area contributed by atoms with E-state index in [2.05, 4.69) is 10.6 Å². The smallest absolute Gasteiger partial charge is 0.313 e. The van der Waals surface area contributed by atoms with Gasteiger partial charge in [0.25, 0.3) is 0 Å². The van der Waals surface area contributed by atoms with Crippen molar-refractivity contribution >= 4 is 29.3 Å². The van der Waals surface area contributed by atoms with E-state index in [1.807, 2.05) is 24.5 Å². The fourth-order valence-corrected chi connectivity index (χ4v) is 3.31. The molecule has 0 heterocycles. The zero-order valence-corrected chi connectivity index (χ0v) is 14.2. The fourth-order valence-electron chi connectivity index (χ4n) is 2.85. The molecule has 0 saturated heterocycles. The number of rotatable bonds is 5. The lowest BCUT2D eigenvalue weighted by atomic mass is 9.85. The third-order valence-corrected chi connectivity index (χ3v) is 4.92. The summed E-state index contributed by atoms with van der Waals surface area (Å²) in [6.45, 7) is 0.127. The molecule has 1 aromatic carbocycles. The third-order valence-electron chi connectivity index (χ3n) is 4.20. The van der Waals surface area contributed by atoms with Gasteiger partial charge in [0, 0.05) is 17.1 Å². The molecule has 0 radical (unpaired) electrons. The molecule has 126 valence electrons. The molecule has 0 spiro atoms. The molecule has 2 amide bonds. The second kappa shape index (κ2) is 8.93. The number of carbonyl (C=O) groups is 2. The van der Waals surface area contributed by atoms with Gasteiger partial charge in [-0.3, -0.25) is 9.59 Å². The molecule has 1 saturated carbocycles. The largest absolute Gasteiger partial charge is 0.391 e. The van der Waals surface area contributed by atoms with Crippen molar-refractivity contribution in [2.45, 2.75) is 43.1 Å². The van der Waals surface area contributed by atoms with Crippen LogP contribution >= 0.6 is 11.8 Å². The molecular weight excluding hydrogens is 312 g/mol. The minimum absolute atomic E-state index is 0.127. The maximum Gasteiger partial charge on any atom is 0.313 e. The second-order valence-corrected chi connectivity index (χ2v) is 6.74. The molecule has 1 atom stereocenters. The van der Waals surface area contributed by atoms with Crippen molar-refractivity contribution < 1.29 is 14.7 Å². The molecule has 0 aliphatic heterocycles. The van der Waals surface area contributed by atoms with Crippen molar-refractivity contribution in [3.05, 3.63) is 24.3 Å². The highest BCUT2D eigenvalue weighted by atomic mass is 32.2. The topological polar surface area (TPSA) is 78.4 Å². The predicted molar refractivity (Wildman–Crippen MR) is 92.4 cm³/mol. The molecule has 2 rings (SSSR count). The highest BCUT2D eigenvalue weighted by molar-refractivity contribution is 7.98. The fraction of sp³-hybridized carbons (Fsp3) is 0.529. The van der Waals surface area contributed by atoms with Gasteiger partial charge in [-0.1, -0.05) is 25.3 Å². The van der Waals surface area contributed by atoms with Crippen molar-refractivity contribution in [1.82, 2.24) is 5.32 Å². The first kappa shape index (κ1) is 17.8. The summed E-state index contributed by atoms with van der Waals surface area (Å²) in [5.74, 6) is -1.20. The number of nitrogens with one attached hydrogen (secondary N) is 2. The first-order chi connectivity index (χ1) is 11.1. The van der Waals surface area contributed by atoms with Gasteiger partial charge in [-0.2, -0.15) is 0 Å². The van der Waals surface area contributed by atoms with E-state index >= 15 is 0 Å². The lowest BCUT2D eigenvalue weighted by molar-refractivity contribution is -0.136. The highest BCUT2D eigenvalue weighted by Gasteiger charge is 2.23. The van der Waals surface area contributed by atoms with E-state index in [-0.39, 0.29) is 12.5 Å². The number of amides is 2. The maximum absolute atomic E-state index is 11.9. The van der Waals surface area contributed by atoms with Crippen LogP contribution in [-0.4, -0.2) is 35.8 Å². The third kappa shape index (κ3) is 5.55. The van der Waals surface area contributed by atoms with Crippen molar-refractivity contribution in [1.29, 1.82) is 0 Å². The number of hydrogen-bond acceptors (Lipinski definition) is 4. The van der Waals surface area contributed by atoms with Crippen molar-refractivity contribution in [3.8, 4) is 0 Å². The normalized spacial score (nSPS) is 16.6. The number of aliphatic hydroxyl groups is 1. The Balaban J connectivity index is 1.79. The van der Waals surface area contributed by atoms with Crippen LogP contribution in [0.1, 0.15) is 32.1 Å². The Morgan fingerprint density at radius 3 is 2.70 bits per heavy atom. The van der Waals surface area contributed by atoms with Crippen LogP contribution in [0.15, 0.2) is 29.2 Å². The quantitative estimate of drug-likeness (QED) is 0.570. The minimum Gasteiger partial charge on any atom is -0.391 e. The summed E-state index contributed by atoms with van der Waals surface area (Å²) in [6.07, 6.45) is 6.82. The molecule has 1 fully saturated rings. The number of hydrogen-bond donors (Lipinski definition) is 3. The molecule has 0 aromatic heterocycles. The van der Waals surface area contributed by atoms with Gasteiger partial charge in [-0.15, -0.1) is 11.8 Å². The van der Waals surface area contributed by atoms with Crippen LogP contribution in [0.25, 0.3) is 0 Å².